The SMILES string of the molecule is Cc1cc(Nc2nc(-c3ccc(Cl)c(Cl)c3)c3ccccc3n2)c(CN(C)C)cc1NC(=O)c1ccccc1. The third-order valence-corrected chi connectivity index (χ3v) is 7.00. The van der Waals surface area contributed by atoms with Crippen molar-refractivity contribution in [3.05, 3.63) is 112 Å². The molecule has 5 aromatic rings. The van der Waals surface area contributed by atoms with E-state index in [-0.39, 0.29) is 5.91 Å². The van der Waals surface area contributed by atoms with E-state index in [0.29, 0.717) is 28.1 Å². The van der Waals surface area contributed by atoms with Gasteiger partial charge in [-0.3, -0.25) is 4.79 Å². The highest BCUT2D eigenvalue weighted by Gasteiger charge is 2.16. The fourth-order valence-electron chi connectivity index (χ4n) is 4.38. The van der Waals surface area contributed by atoms with Crippen LogP contribution in [0.5, 0.6) is 0 Å². The molecule has 0 radical (unpaired) electrons. The fourth-order valence-corrected chi connectivity index (χ4v) is 4.67. The molecule has 5 rings (SSSR count). The predicted octanol–water partition coefficient (Wildman–Crippen LogP) is 7.97. The molecule has 2 N–H and O–H groups in total. The predicted molar refractivity (Wildman–Crippen MR) is 161 cm³/mol. The van der Waals surface area contributed by atoms with E-state index in [1.165, 1.54) is 0 Å². The molecule has 1 amide bonds. The Balaban J connectivity index is 1.54. The summed E-state index contributed by atoms with van der Waals surface area (Å²) in [5.41, 5.74) is 6.50. The Labute approximate surface area is 237 Å². The van der Waals surface area contributed by atoms with E-state index in [0.717, 1.165) is 44.7 Å². The molecule has 39 heavy (non-hydrogen) atoms. The molecular formula is C31H27Cl2N5O. The number of anilines is 3. The van der Waals surface area contributed by atoms with Crippen LogP contribution in [-0.4, -0.2) is 34.9 Å². The Morgan fingerprint density at radius 1 is 0.846 bits per heavy atom. The quantitative estimate of drug-likeness (QED) is 0.213. The van der Waals surface area contributed by atoms with Crippen LogP contribution in [-0.2, 0) is 6.54 Å². The van der Waals surface area contributed by atoms with Crippen molar-refractivity contribution >= 4 is 57.3 Å². The third kappa shape index (κ3) is 6.04. The molecule has 0 saturated heterocycles. The summed E-state index contributed by atoms with van der Waals surface area (Å²) in [6.07, 6.45) is 0. The molecule has 0 aliphatic heterocycles. The summed E-state index contributed by atoms with van der Waals surface area (Å²) in [6.45, 7) is 2.61. The van der Waals surface area contributed by atoms with E-state index in [4.69, 9.17) is 33.2 Å². The number of para-hydroxylation sites is 1. The molecule has 0 saturated carbocycles. The molecule has 0 bridgehead atoms. The average Bonchev–Trinajstić information content (AvgIpc) is 2.92. The Hall–Kier alpha value is -3.97. The minimum absolute atomic E-state index is 0.153. The molecular weight excluding hydrogens is 529 g/mol. The number of hydrogen-bond acceptors (Lipinski definition) is 5. The van der Waals surface area contributed by atoms with Gasteiger partial charge >= 0.3 is 0 Å². The number of carbonyl (C=O) groups is 1. The Bertz CT molecular complexity index is 1670. The molecule has 0 aliphatic rings. The number of nitrogens with one attached hydrogen (secondary N) is 2. The van der Waals surface area contributed by atoms with Crippen LogP contribution in [0.3, 0.4) is 0 Å². The molecule has 0 fully saturated rings. The van der Waals surface area contributed by atoms with E-state index in [1.54, 1.807) is 18.2 Å². The topological polar surface area (TPSA) is 70.2 Å². The Morgan fingerprint density at radius 3 is 2.33 bits per heavy atom. The van der Waals surface area contributed by atoms with E-state index < -0.39 is 0 Å². The minimum Gasteiger partial charge on any atom is -0.324 e. The normalized spacial score (nSPS) is 11.1. The van der Waals surface area contributed by atoms with Gasteiger partial charge in [0.2, 0.25) is 5.95 Å². The lowest BCUT2D eigenvalue weighted by Crippen LogP contribution is -2.16. The van der Waals surface area contributed by atoms with Gasteiger partial charge in [0.05, 0.1) is 21.3 Å². The number of rotatable bonds is 7. The second-order valence-electron chi connectivity index (χ2n) is 9.55. The largest absolute Gasteiger partial charge is 0.324 e. The maximum atomic E-state index is 12.8. The van der Waals surface area contributed by atoms with Crippen LogP contribution in [0.4, 0.5) is 17.3 Å². The van der Waals surface area contributed by atoms with Gasteiger partial charge in [-0.1, -0.05) is 65.7 Å². The first kappa shape index (κ1) is 26.6. The van der Waals surface area contributed by atoms with Gasteiger partial charge < -0.3 is 15.5 Å². The van der Waals surface area contributed by atoms with Crippen molar-refractivity contribution in [2.45, 2.75) is 13.5 Å². The number of carbonyl (C=O) groups excluding carboxylic acids is 1. The number of nitrogens with zero attached hydrogens (tertiary/aromatic N) is 3. The highest BCUT2D eigenvalue weighted by atomic mass is 35.5. The van der Waals surface area contributed by atoms with Crippen LogP contribution >= 0.6 is 23.2 Å². The van der Waals surface area contributed by atoms with Gasteiger partial charge in [-0.25, -0.2) is 9.97 Å². The molecule has 0 unspecified atom stereocenters. The molecule has 196 valence electrons. The summed E-state index contributed by atoms with van der Waals surface area (Å²) in [5.74, 6) is 0.301. The average molecular weight is 556 g/mol. The summed E-state index contributed by atoms with van der Waals surface area (Å²) < 4.78 is 0. The van der Waals surface area contributed by atoms with Crippen LogP contribution in [0.25, 0.3) is 22.2 Å². The Morgan fingerprint density at radius 2 is 1.59 bits per heavy atom. The van der Waals surface area contributed by atoms with Gasteiger partial charge in [-0.05, 0) is 74.6 Å². The molecule has 8 heteroatoms. The van der Waals surface area contributed by atoms with Crippen LogP contribution in [0.1, 0.15) is 21.5 Å². The standard InChI is InChI=1S/C31H27Cl2N5O/c1-19-15-28(22(18-38(2)3)17-27(19)34-30(39)20-9-5-4-6-10-20)36-31-35-26-12-8-7-11-23(26)29(37-31)21-13-14-24(32)25(33)16-21/h4-17H,18H2,1-3H3,(H,34,39)(H,35,36,37). The summed E-state index contributed by atoms with van der Waals surface area (Å²) in [5, 5.41) is 8.35. The number of benzene rings is 4. The summed E-state index contributed by atoms with van der Waals surface area (Å²) in [6, 6.07) is 26.5. The lowest BCUT2D eigenvalue weighted by atomic mass is 10.1. The van der Waals surface area contributed by atoms with Crippen molar-refractivity contribution in [2.24, 2.45) is 0 Å². The highest BCUT2D eigenvalue weighted by molar-refractivity contribution is 6.42. The van der Waals surface area contributed by atoms with E-state index in [1.807, 2.05) is 87.7 Å². The molecule has 4 aromatic carbocycles. The number of hydrogen-bond donors (Lipinski definition) is 2. The zero-order chi connectivity index (χ0) is 27.5. The maximum absolute atomic E-state index is 12.8. The number of aromatic nitrogens is 2. The van der Waals surface area contributed by atoms with Crippen LogP contribution in [0, 0.1) is 6.92 Å². The first-order valence-corrected chi connectivity index (χ1v) is 13.2. The first-order chi connectivity index (χ1) is 18.8. The van der Waals surface area contributed by atoms with E-state index in [2.05, 4.69) is 15.5 Å². The second-order valence-corrected chi connectivity index (χ2v) is 10.4. The van der Waals surface area contributed by atoms with E-state index >= 15 is 0 Å². The van der Waals surface area contributed by atoms with Crippen molar-refractivity contribution in [3.63, 3.8) is 0 Å². The van der Waals surface area contributed by atoms with Crippen molar-refractivity contribution < 1.29 is 4.79 Å². The van der Waals surface area contributed by atoms with Crippen LogP contribution < -0.4 is 10.6 Å². The third-order valence-electron chi connectivity index (χ3n) is 6.26. The van der Waals surface area contributed by atoms with Gasteiger partial charge in [0.25, 0.3) is 5.91 Å². The van der Waals surface area contributed by atoms with Crippen LogP contribution in [0.2, 0.25) is 10.0 Å². The monoisotopic (exact) mass is 555 g/mol. The molecule has 0 spiro atoms. The smallest absolute Gasteiger partial charge is 0.255 e. The zero-order valence-electron chi connectivity index (χ0n) is 21.8. The second kappa shape index (κ2) is 11.4. The lowest BCUT2D eigenvalue weighted by Gasteiger charge is -2.19. The zero-order valence-corrected chi connectivity index (χ0v) is 23.3. The first-order valence-electron chi connectivity index (χ1n) is 12.4. The molecule has 6 nitrogen and oxygen atoms in total. The Kier molecular flexibility index (Phi) is 7.79. The summed E-state index contributed by atoms with van der Waals surface area (Å²) in [4.78, 5) is 24.6. The van der Waals surface area contributed by atoms with Crippen molar-refractivity contribution in [2.75, 3.05) is 24.7 Å². The van der Waals surface area contributed by atoms with Crippen molar-refractivity contribution in [1.29, 1.82) is 0 Å². The number of halogens is 2. The summed E-state index contributed by atoms with van der Waals surface area (Å²) in [7, 11) is 4.00. The lowest BCUT2D eigenvalue weighted by molar-refractivity contribution is 0.102. The molecule has 0 aliphatic carbocycles. The number of amides is 1. The number of fused-ring (bicyclic) bond motifs is 1. The summed E-state index contributed by atoms with van der Waals surface area (Å²) >= 11 is 12.5. The van der Waals surface area contributed by atoms with Crippen molar-refractivity contribution in [1.82, 2.24) is 14.9 Å². The van der Waals surface area contributed by atoms with Crippen LogP contribution in [0.15, 0.2) is 84.9 Å². The van der Waals surface area contributed by atoms with Gasteiger partial charge in [-0.2, -0.15) is 0 Å². The van der Waals surface area contributed by atoms with E-state index in [9.17, 15) is 4.79 Å². The molecule has 0 atom stereocenters. The minimum atomic E-state index is -0.153. The van der Waals surface area contributed by atoms with Gasteiger partial charge in [0.15, 0.2) is 0 Å². The molecule has 1 aromatic heterocycles. The fraction of sp³-hybridized carbons (Fsp3) is 0.129. The van der Waals surface area contributed by atoms with Gasteiger partial charge in [0, 0.05) is 34.4 Å². The highest BCUT2D eigenvalue weighted by Crippen LogP contribution is 2.34. The maximum Gasteiger partial charge on any atom is 0.255 e. The van der Waals surface area contributed by atoms with Crippen molar-refractivity contribution in [3.8, 4) is 11.3 Å². The van der Waals surface area contributed by atoms with Gasteiger partial charge in [0.1, 0.15) is 0 Å². The number of aryl methyl sites for hydroxylation is 1. The van der Waals surface area contributed by atoms with Gasteiger partial charge in [-0.15, -0.1) is 0 Å². The molecule has 1 heterocycles.